The predicted molar refractivity (Wildman–Crippen MR) is 72.0 cm³/mol. The van der Waals surface area contributed by atoms with Gasteiger partial charge in [-0.3, -0.25) is 4.79 Å². The Labute approximate surface area is 117 Å². The number of amides is 1. The van der Waals surface area contributed by atoms with Crippen molar-refractivity contribution in [2.45, 2.75) is 45.3 Å². The number of carbonyl (C=O) groups excluding carboxylic acids is 1. The van der Waals surface area contributed by atoms with Gasteiger partial charge in [-0.1, -0.05) is 12.8 Å². The Morgan fingerprint density at radius 2 is 1.90 bits per heavy atom. The fourth-order valence-electron chi connectivity index (χ4n) is 2.73. The second-order valence-corrected chi connectivity index (χ2v) is 4.93. The van der Waals surface area contributed by atoms with Crippen LogP contribution in [0.5, 0.6) is 5.75 Å². The SMILES string of the molecule is CCN(C(=O)c1ccc(OC(F)F)cc1)C1CCCC1. The van der Waals surface area contributed by atoms with E-state index in [1.807, 2.05) is 11.8 Å². The molecule has 0 atom stereocenters. The van der Waals surface area contributed by atoms with E-state index in [1.165, 1.54) is 24.3 Å². The van der Waals surface area contributed by atoms with E-state index in [-0.39, 0.29) is 11.7 Å². The van der Waals surface area contributed by atoms with Gasteiger partial charge in [-0.25, -0.2) is 0 Å². The van der Waals surface area contributed by atoms with Crippen molar-refractivity contribution in [3.8, 4) is 5.75 Å². The summed E-state index contributed by atoms with van der Waals surface area (Å²) in [7, 11) is 0. The van der Waals surface area contributed by atoms with Gasteiger partial charge in [0.05, 0.1) is 0 Å². The van der Waals surface area contributed by atoms with Crippen LogP contribution < -0.4 is 4.74 Å². The number of carbonyl (C=O) groups is 1. The van der Waals surface area contributed by atoms with Crippen molar-refractivity contribution >= 4 is 5.91 Å². The molecule has 0 aliphatic heterocycles. The van der Waals surface area contributed by atoms with Gasteiger partial charge < -0.3 is 9.64 Å². The molecule has 1 amide bonds. The second kappa shape index (κ2) is 6.68. The first kappa shape index (κ1) is 14.8. The van der Waals surface area contributed by atoms with Gasteiger partial charge in [0.15, 0.2) is 0 Å². The Balaban J connectivity index is 2.07. The number of ether oxygens (including phenoxy) is 1. The van der Waals surface area contributed by atoms with Gasteiger partial charge >= 0.3 is 6.61 Å². The first-order valence-electron chi connectivity index (χ1n) is 6.97. The molecule has 0 aromatic heterocycles. The van der Waals surface area contributed by atoms with Crippen LogP contribution in [0.2, 0.25) is 0 Å². The Morgan fingerprint density at radius 1 is 1.30 bits per heavy atom. The molecule has 0 saturated heterocycles. The number of alkyl halides is 2. The first-order chi connectivity index (χ1) is 9.61. The summed E-state index contributed by atoms with van der Waals surface area (Å²) in [6.07, 6.45) is 4.42. The number of nitrogens with zero attached hydrogens (tertiary/aromatic N) is 1. The zero-order valence-corrected chi connectivity index (χ0v) is 11.5. The van der Waals surface area contributed by atoms with Crippen molar-refractivity contribution in [3.05, 3.63) is 29.8 Å². The van der Waals surface area contributed by atoms with Crippen molar-refractivity contribution in [1.82, 2.24) is 4.90 Å². The van der Waals surface area contributed by atoms with Crippen molar-refractivity contribution < 1.29 is 18.3 Å². The number of benzene rings is 1. The highest BCUT2D eigenvalue weighted by molar-refractivity contribution is 5.94. The van der Waals surface area contributed by atoms with Gasteiger partial charge in [0.2, 0.25) is 0 Å². The zero-order valence-electron chi connectivity index (χ0n) is 11.5. The topological polar surface area (TPSA) is 29.5 Å². The van der Waals surface area contributed by atoms with Crippen LogP contribution in [0.25, 0.3) is 0 Å². The summed E-state index contributed by atoms with van der Waals surface area (Å²) < 4.78 is 28.4. The third-order valence-electron chi connectivity index (χ3n) is 3.69. The average molecular weight is 283 g/mol. The summed E-state index contributed by atoms with van der Waals surface area (Å²) in [6.45, 7) is -0.217. The quantitative estimate of drug-likeness (QED) is 0.824. The molecule has 1 fully saturated rings. The minimum absolute atomic E-state index is 0.0389. The standard InChI is InChI=1S/C15H19F2NO2/c1-2-18(12-5-3-4-6-12)14(19)11-7-9-13(10-8-11)20-15(16)17/h7-10,12,15H,2-6H2,1H3. The van der Waals surface area contributed by atoms with Gasteiger partial charge in [-0.2, -0.15) is 8.78 Å². The molecular formula is C15H19F2NO2. The van der Waals surface area contributed by atoms with Crippen LogP contribution in [0, 0.1) is 0 Å². The maximum Gasteiger partial charge on any atom is 0.387 e. The number of halogens is 2. The fraction of sp³-hybridized carbons (Fsp3) is 0.533. The van der Waals surface area contributed by atoms with Crippen LogP contribution in [0.1, 0.15) is 43.0 Å². The van der Waals surface area contributed by atoms with Crippen molar-refractivity contribution in [2.24, 2.45) is 0 Å². The lowest BCUT2D eigenvalue weighted by Crippen LogP contribution is -2.38. The van der Waals surface area contributed by atoms with Crippen LogP contribution in [-0.4, -0.2) is 30.0 Å². The van der Waals surface area contributed by atoms with Crippen molar-refractivity contribution in [2.75, 3.05) is 6.54 Å². The molecule has 20 heavy (non-hydrogen) atoms. The van der Waals surface area contributed by atoms with Gasteiger partial charge in [0, 0.05) is 18.2 Å². The minimum Gasteiger partial charge on any atom is -0.435 e. The Hall–Kier alpha value is -1.65. The summed E-state index contributed by atoms with van der Waals surface area (Å²) in [5.41, 5.74) is 0.514. The molecule has 1 aliphatic rings. The molecule has 0 spiro atoms. The summed E-state index contributed by atoms with van der Waals surface area (Å²) in [5.74, 6) is 0.0310. The molecule has 2 rings (SSSR count). The molecule has 3 nitrogen and oxygen atoms in total. The van der Waals surface area contributed by atoms with Crippen molar-refractivity contribution in [1.29, 1.82) is 0 Å². The van der Waals surface area contributed by atoms with E-state index in [0.717, 1.165) is 25.7 Å². The van der Waals surface area contributed by atoms with Crippen LogP contribution in [0.4, 0.5) is 8.78 Å². The molecule has 1 aromatic rings. The van der Waals surface area contributed by atoms with E-state index in [2.05, 4.69) is 4.74 Å². The fourth-order valence-corrected chi connectivity index (χ4v) is 2.73. The summed E-state index contributed by atoms with van der Waals surface area (Å²) in [6, 6.07) is 6.20. The highest BCUT2D eigenvalue weighted by Gasteiger charge is 2.26. The molecule has 5 heteroatoms. The summed E-state index contributed by atoms with van der Waals surface area (Å²) in [4.78, 5) is 14.3. The Morgan fingerprint density at radius 3 is 2.40 bits per heavy atom. The van der Waals surface area contributed by atoms with E-state index < -0.39 is 6.61 Å². The number of hydrogen-bond donors (Lipinski definition) is 0. The smallest absolute Gasteiger partial charge is 0.387 e. The lowest BCUT2D eigenvalue weighted by molar-refractivity contribution is -0.0498. The van der Waals surface area contributed by atoms with Crippen LogP contribution in [-0.2, 0) is 0 Å². The molecule has 0 heterocycles. The predicted octanol–water partition coefficient (Wildman–Crippen LogP) is 3.69. The summed E-state index contributed by atoms with van der Waals surface area (Å²) in [5, 5.41) is 0. The van der Waals surface area contributed by atoms with E-state index in [0.29, 0.717) is 18.2 Å². The lowest BCUT2D eigenvalue weighted by Gasteiger charge is -2.27. The zero-order chi connectivity index (χ0) is 14.5. The molecule has 1 saturated carbocycles. The second-order valence-electron chi connectivity index (χ2n) is 4.93. The molecular weight excluding hydrogens is 264 g/mol. The van der Waals surface area contributed by atoms with Gasteiger partial charge in [0.1, 0.15) is 5.75 Å². The van der Waals surface area contributed by atoms with Crippen LogP contribution in [0.3, 0.4) is 0 Å². The van der Waals surface area contributed by atoms with Gasteiger partial charge in [0.25, 0.3) is 5.91 Å². The maximum absolute atomic E-state index is 12.4. The summed E-state index contributed by atoms with van der Waals surface area (Å²) >= 11 is 0. The maximum atomic E-state index is 12.4. The third-order valence-corrected chi connectivity index (χ3v) is 3.69. The monoisotopic (exact) mass is 283 g/mol. The molecule has 0 N–H and O–H groups in total. The number of hydrogen-bond acceptors (Lipinski definition) is 2. The van der Waals surface area contributed by atoms with Crippen LogP contribution >= 0.6 is 0 Å². The van der Waals surface area contributed by atoms with E-state index in [4.69, 9.17) is 0 Å². The highest BCUT2D eigenvalue weighted by Crippen LogP contribution is 2.25. The minimum atomic E-state index is -2.85. The molecule has 1 aliphatic carbocycles. The van der Waals surface area contributed by atoms with Crippen molar-refractivity contribution in [3.63, 3.8) is 0 Å². The molecule has 1 aromatic carbocycles. The molecule has 110 valence electrons. The average Bonchev–Trinajstić information content (AvgIpc) is 2.93. The molecule has 0 bridgehead atoms. The Bertz CT molecular complexity index is 442. The Kier molecular flexibility index (Phi) is 4.93. The largest absolute Gasteiger partial charge is 0.435 e. The molecule has 0 radical (unpaired) electrons. The van der Waals surface area contributed by atoms with Gasteiger partial charge in [-0.05, 0) is 44.0 Å². The third kappa shape index (κ3) is 3.46. The van der Waals surface area contributed by atoms with Gasteiger partial charge in [-0.15, -0.1) is 0 Å². The van der Waals surface area contributed by atoms with E-state index in [9.17, 15) is 13.6 Å². The number of rotatable bonds is 5. The first-order valence-corrected chi connectivity index (χ1v) is 6.97. The van der Waals surface area contributed by atoms with E-state index in [1.54, 1.807) is 0 Å². The highest BCUT2D eigenvalue weighted by atomic mass is 19.3. The molecule has 0 unspecified atom stereocenters. The lowest BCUT2D eigenvalue weighted by atomic mass is 10.1. The van der Waals surface area contributed by atoms with Crippen LogP contribution in [0.15, 0.2) is 24.3 Å². The van der Waals surface area contributed by atoms with E-state index >= 15 is 0 Å². The normalized spacial score (nSPS) is 15.6.